The van der Waals surface area contributed by atoms with Crippen LogP contribution in [-0.2, 0) is 14.6 Å². The van der Waals surface area contributed by atoms with Crippen molar-refractivity contribution >= 4 is 33.0 Å². The van der Waals surface area contributed by atoms with E-state index in [9.17, 15) is 13.2 Å². The van der Waals surface area contributed by atoms with Crippen LogP contribution in [0.2, 0.25) is 5.02 Å². The summed E-state index contributed by atoms with van der Waals surface area (Å²) in [6.07, 6.45) is 0. The number of sulfone groups is 1. The summed E-state index contributed by atoms with van der Waals surface area (Å²) < 4.78 is 24.2. The number of nitrogens with one attached hydrogen (secondary N) is 1. The van der Waals surface area contributed by atoms with Gasteiger partial charge >= 0.3 is 0 Å². The molecule has 0 unspecified atom stereocenters. The van der Waals surface area contributed by atoms with Crippen LogP contribution in [0.5, 0.6) is 0 Å². The highest BCUT2D eigenvalue weighted by Crippen LogP contribution is 2.20. The quantitative estimate of drug-likeness (QED) is 0.931. The van der Waals surface area contributed by atoms with E-state index < -0.39 is 21.5 Å². The third-order valence-corrected chi connectivity index (χ3v) is 4.67. The maximum absolute atomic E-state index is 12.1. The molecule has 0 heterocycles. The largest absolute Gasteiger partial charge is 0.324 e. The summed E-state index contributed by atoms with van der Waals surface area (Å²) in [5.74, 6) is -1.45. The van der Waals surface area contributed by atoms with Crippen molar-refractivity contribution in [2.75, 3.05) is 11.1 Å². The van der Waals surface area contributed by atoms with Gasteiger partial charge in [-0.1, -0.05) is 29.8 Å². The number of hydrogen-bond donors (Lipinski definition) is 1. The predicted octanol–water partition coefficient (Wildman–Crippen LogP) is 2.62. The Morgan fingerprint density at radius 1 is 1.18 bits per heavy atom. The number of amides is 1. The van der Waals surface area contributed by atoms with E-state index in [4.69, 9.17) is 16.9 Å². The molecule has 0 bridgehead atoms. The Hall–Kier alpha value is -2.36. The Balaban J connectivity index is 2.18. The van der Waals surface area contributed by atoms with Gasteiger partial charge in [-0.2, -0.15) is 5.26 Å². The number of halogens is 1. The molecule has 0 saturated carbocycles. The predicted molar refractivity (Wildman–Crippen MR) is 83.3 cm³/mol. The molecule has 0 aliphatic rings. The number of benzene rings is 2. The van der Waals surface area contributed by atoms with E-state index in [-0.39, 0.29) is 16.1 Å². The molecule has 0 aliphatic heterocycles. The van der Waals surface area contributed by atoms with Crippen molar-refractivity contribution in [3.63, 3.8) is 0 Å². The highest BCUT2D eigenvalue weighted by atomic mass is 35.5. The van der Waals surface area contributed by atoms with E-state index in [0.717, 1.165) is 0 Å². The third-order valence-electron chi connectivity index (χ3n) is 2.80. The van der Waals surface area contributed by atoms with E-state index in [1.165, 1.54) is 30.3 Å². The molecule has 5 nitrogen and oxygen atoms in total. The smallest absolute Gasteiger partial charge is 0.239 e. The van der Waals surface area contributed by atoms with Gasteiger partial charge in [0.25, 0.3) is 0 Å². The van der Waals surface area contributed by atoms with Gasteiger partial charge < -0.3 is 5.32 Å². The summed E-state index contributed by atoms with van der Waals surface area (Å²) in [6.45, 7) is 0. The Labute approximate surface area is 133 Å². The first-order valence-electron chi connectivity index (χ1n) is 6.20. The number of nitrogens with zero attached hydrogens (tertiary/aromatic N) is 1. The summed E-state index contributed by atoms with van der Waals surface area (Å²) in [5, 5.41) is 11.7. The lowest BCUT2D eigenvalue weighted by atomic mass is 10.2. The van der Waals surface area contributed by atoms with Gasteiger partial charge in [-0.25, -0.2) is 8.42 Å². The molecule has 1 amide bonds. The fourth-order valence-electron chi connectivity index (χ4n) is 1.79. The first kappa shape index (κ1) is 16.0. The number of nitriles is 1. The highest BCUT2D eigenvalue weighted by Gasteiger charge is 2.19. The Kier molecular flexibility index (Phi) is 4.81. The Morgan fingerprint density at radius 3 is 2.50 bits per heavy atom. The topological polar surface area (TPSA) is 87.0 Å². The van der Waals surface area contributed by atoms with Crippen LogP contribution in [-0.4, -0.2) is 20.1 Å². The number of carbonyl (C=O) groups is 1. The molecule has 7 heteroatoms. The van der Waals surface area contributed by atoms with E-state index in [1.807, 2.05) is 6.07 Å². The van der Waals surface area contributed by atoms with Crippen molar-refractivity contribution < 1.29 is 13.2 Å². The average Bonchev–Trinajstić information content (AvgIpc) is 2.48. The fraction of sp³-hybridized carbons (Fsp3) is 0.0667. The molecule has 0 aromatic heterocycles. The van der Waals surface area contributed by atoms with Gasteiger partial charge in [0, 0.05) is 5.02 Å². The molecule has 0 spiro atoms. The lowest BCUT2D eigenvalue weighted by molar-refractivity contribution is -0.113. The number of rotatable bonds is 4. The summed E-state index contributed by atoms with van der Waals surface area (Å²) >= 11 is 5.81. The minimum Gasteiger partial charge on any atom is -0.324 e. The first-order valence-corrected chi connectivity index (χ1v) is 8.23. The summed E-state index contributed by atoms with van der Waals surface area (Å²) in [6, 6.07) is 13.9. The van der Waals surface area contributed by atoms with Crippen LogP contribution in [0.4, 0.5) is 5.69 Å². The van der Waals surface area contributed by atoms with Crippen LogP contribution < -0.4 is 5.32 Å². The van der Waals surface area contributed by atoms with Crippen molar-refractivity contribution in [1.82, 2.24) is 0 Å². The third kappa shape index (κ3) is 3.85. The SMILES string of the molecule is N#Cc1ccc(Cl)cc1NC(=O)CS(=O)(=O)c1ccccc1. The van der Waals surface area contributed by atoms with E-state index in [1.54, 1.807) is 18.2 Å². The molecule has 0 fully saturated rings. The van der Waals surface area contributed by atoms with Gasteiger partial charge in [0.15, 0.2) is 9.84 Å². The molecule has 2 aromatic rings. The second-order valence-corrected chi connectivity index (χ2v) is 6.85. The monoisotopic (exact) mass is 334 g/mol. The summed E-state index contributed by atoms with van der Waals surface area (Å²) in [7, 11) is -3.74. The van der Waals surface area contributed by atoms with Crippen molar-refractivity contribution in [3.8, 4) is 6.07 Å². The second kappa shape index (κ2) is 6.60. The molecular weight excluding hydrogens is 324 g/mol. The number of anilines is 1. The van der Waals surface area contributed by atoms with Crippen LogP contribution >= 0.6 is 11.6 Å². The fourth-order valence-corrected chi connectivity index (χ4v) is 3.12. The van der Waals surface area contributed by atoms with E-state index >= 15 is 0 Å². The van der Waals surface area contributed by atoms with Crippen molar-refractivity contribution in [2.24, 2.45) is 0 Å². The molecule has 112 valence electrons. The van der Waals surface area contributed by atoms with Gasteiger partial charge in [-0.15, -0.1) is 0 Å². The van der Waals surface area contributed by atoms with Crippen molar-refractivity contribution in [1.29, 1.82) is 5.26 Å². The zero-order chi connectivity index (χ0) is 16.2. The van der Waals surface area contributed by atoms with Crippen LogP contribution in [0.3, 0.4) is 0 Å². The van der Waals surface area contributed by atoms with Gasteiger partial charge in [-0.3, -0.25) is 4.79 Å². The van der Waals surface area contributed by atoms with Gasteiger partial charge in [0.1, 0.15) is 11.8 Å². The maximum Gasteiger partial charge on any atom is 0.239 e. The minimum atomic E-state index is -3.74. The molecule has 0 saturated heterocycles. The Bertz CT molecular complexity index is 843. The average molecular weight is 335 g/mol. The second-order valence-electron chi connectivity index (χ2n) is 4.42. The highest BCUT2D eigenvalue weighted by molar-refractivity contribution is 7.92. The van der Waals surface area contributed by atoms with E-state index in [2.05, 4.69) is 5.32 Å². The van der Waals surface area contributed by atoms with Gasteiger partial charge in [-0.05, 0) is 30.3 Å². The van der Waals surface area contributed by atoms with Crippen LogP contribution in [0.25, 0.3) is 0 Å². The van der Waals surface area contributed by atoms with Gasteiger partial charge in [0.2, 0.25) is 5.91 Å². The lowest BCUT2D eigenvalue weighted by Gasteiger charge is -2.08. The molecule has 0 atom stereocenters. The molecule has 0 radical (unpaired) electrons. The van der Waals surface area contributed by atoms with Crippen LogP contribution in [0, 0.1) is 11.3 Å². The lowest BCUT2D eigenvalue weighted by Crippen LogP contribution is -2.23. The molecule has 2 rings (SSSR count). The number of carbonyl (C=O) groups excluding carboxylic acids is 1. The number of hydrogen-bond acceptors (Lipinski definition) is 4. The molecule has 2 aromatic carbocycles. The zero-order valence-corrected chi connectivity index (χ0v) is 12.9. The van der Waals surface area contributed by atoms with E-state index in [0.29, 0.717) is 5.02 Å². The van der Waals surface area contributed by atoms with Crippen LogP contribution in [0.1, 0.15) is 5.56 Å². The molecule has 1 N–H and O–H groups in total. The zero-order valence-electron chi connectivity index (χ0n) is 11.3. The van der Waals surface area contributed by atoms with Crippen molar-refractivity contribution in [2.45, 2.75) is 4.90 Å². The standard InChI is InChI=1S/C15H11ClN2O3S/c16-12-7-6-11(9-17)14(8-12)18-15(19)10-22(20,21)13-4-2-1-3-5-13/h1-8H,10H2,(H,18,19). The summed E-state index contributed by atoms with van der Waals surface area (Å²) in [5.41, 5.74) is 0.387. The van der Waals surface area contributed by atoms with Crippen LogP contribution in [0.15, 0.2) is 53.4 Å². The first-order chi connectivity index (χ1) is 10.4. The molecule has 0 aliphatic carbocycles. The molecular formula is C15H11ClN2O3S. The van der Waals surface area contributed by atoms with Gasteiger partial charge in [0.05, 0.1) is 16.1 Å². The summed E-state index contributed by atoms with van der Waals surface area (Å²) in [4.78, 5) is 12.0. The Morgan fingerprint density at radius 2 is 1.86 bits per heavy atom. The maximum atomic E-state index is 12.1. The van der Waals surface area contributed by atoms with Crippen molar-refractivity contribution in [3.05, 3.63) is 59.1 Å². The normalized spacial score (nSPS) is 10.7. The molecule has 22 heavy (non-hydrogen) atoms. The minimum absolute atomic E-state index is 0.0664.